The van der Waals surface area contributed by atoms with Crippen LogP contribution in [0.4, 0.5) is 5.69 Å². The maximum Gasteiger partial charge on any atom is 0.121 e. The average Bonchev–Trinajstić information content (AvgIpc) is 2.39. The summed E-state index contributed by atoms with van der Waals surface area (Å²) in [4.78, 5) is 4.43. The largest absolute Gasteiger partial charge is 0.494 e. The quantitative estimate of drug-likeness (QED) is 0.757. The van der Waals surface area contributed by atoms with Crippen molar-refractivity contribution < 1.29 is 4.74 Å². The summed E-state index contributed by atoms with van der Waals surface area (Å²) in [7, 11) is 0. The Labute approximate surface area is 115 Å². The first kappa shape index (κ1) is 12.8. The van der Waals surface area contributed by atoms with Crippen LogP contribution in [0.5, 0.6) is 5.75 Å². The number of rotatable bonds is 4. The van der Waals surface area contributed by atoms with Crippen molar-refractivity contribution in [3.63, 3.8) is 0 Å². The molecule has 0 aliphatic heterocycles. The van der Waals surface area contributed by atoms with Gasteiger partial charge in [-0.25, -0.2) is 0 Å². The van der Waals surface area contributed by atoms with Crippen molar-refractivity contribution in [3.8, 4) is 5.75 Å². The number of aliphatic imine (C=N–C) groups is 1. The predicted molar refractivity (Wildman–Crippen MR) is 79.0 cm³/mol. The van der Waals surface area contributed by atoms with Crippen LogP contribution in [0.3, 0.4) is 0 Å². The highest BCUT2D eigenvalue weighted by atomic mass is 79.9. The van der Waals surface area contributed by atoms with E-state index in [-0.39, 0.29) is 0 Å². The smallest absolute Gasteiger partial charge is 0.121 e. The summed E-state index contributed by atoms with van der Waals surface area (Å²) in [6.45, 7) is 2.64. The normalized spacial score (nSPS) is 10.8. The van der Waals surface area contributed by atoms with Crippen LogP contribution in [-0.2, 0) is 0 Å². The van der Waals surface area contributed by atoms with Gasteiger partial charge in [-0.05, 0) is 36.8 Å². The first-order chi connectivity index (χ1) is 8.78. The van der Waals surface area contributed by atoms with Crippen LogP contribution in [-0.4, -0.2) is 12.8 Å². The zero-order valence-electron chi connectivity index (χ0n) is 10.1. The highest BCUT2D eigenvalue weighted by molar-refractivity contribution is 9.10. The summed E-state index contributed by atoms with van der Waals surface area (Å²) in [6.07, 6.45) is 1.84. The van der Waals surface area contributed by atoms with Crippen LogP contribution in [0.2, 0.25) is 0 Å². The van der Waals surface area contributed by atoms with E-state index in [1.165, 1.54) is 0 Å². The minimum atomic E-state index is 0.667. The van der Waals surface area contributed by atoms with Crippen LogP contribution in [0.15, 0.2) is 58.0 Å². The molecule has 2 rings (SSSR count). The van der Waals surface area contributed by atoms with Gasteiger partial charge in [0.2, 0.25) is 0 Å². The Hall–Kier alpha value is -1.61. The Balaban J connectivity index is 2.13. The zero-order chi connectivity index (χ0) is 12.8. The molecule has 0 aliphatic rings. The summed E-state index contributed by atoms with van der Waals surface area (Å²) in [5, 5.41) is 0. The van der Waals surface area contributed by atoms with Crippen LogP contribution < -0.4 is 4.74 Å². The Morgan fingerprint density at radius 2 is 1.94 bits per heavy atom. The highest BCUT2D eigenvalue weighted by Crippen LogP contribution is 2.20. The van der Waals surface area contributed by atoms with Crippen molar-refractivity contribution in [2.45, 2.75) is 6.92 Å². The third-order valence-corrected chi connectivity index (χ3v) is 2.89. The lowest BCUT2D eigenvalue weighted by Crippen LogP contribution is -1.90. The van der Waals surface area contributed by atoms with Gasteiger partial charge in [0.1, 0.15) is 5.75 Å². The van der Waals surface area contributed by atoms with Crippen LogP contribution in [0.25, 0.3) is 0 Å². The number of benzene rings is 2. The number of ether oxygens (including phenoxy) is 1. The number of halogens is 1. The van der Waals surface area contributed by atoms with E-state index >= 15 is 0 Å². The van der Waals surface area contributed by atoms with Gasteiger partial charge < -0.3 is 4.74 Å². The van der Waals surface area contributed by atoms with Gasteiger partial charge >= 0.3 is 0 Å². The van der Waals surface area contributed by atoms with E-state index in [2.05, 4.69) is 20.9 Å². The van der Waals surface area contributed by atoms with Gasteiger partial charge in [0.25, 0.3) is 0 Å². The maximum absolute atomic E-state index is 5.43. The number of nitrogens with zero attached hydrogens (tertiary/aromatic N) is 1. The lowest BCUT2D eigenvalue weighted by atomic mass is 10.2. The predicted octanol–water partition coefficient (Wildman–Crippen LogP) is 4.60. The average molecular weight is 304 g/mol. The molecule has 2 nitrogen and oxygen atoms in total. The lowest BCUT2D eigenvalue weighted by molar-refractivity contribution is 0.340. The van der Waals surface area contributed by atoms with Gasteiger partial charge in [0.05, 0.1) is 12.3 Å². The van der Waals surface area contributed by atoms with Gasteiger partial charge in [-0.1, -0.05) is 34.1 Å². The molecule has 2 aromatic carbocycles. The molecule has 92 valence electrons. The number of hydrogen-bond acceptors (Lipinski definition) is 2. The molecule has 0 saturated heterocycles. The standard InChI is InChI=1S/C15H14BrNO/c1-2-18-15-5-3-4-14(10-15)17-11-12-6-8-13(16)9-7-12/h3-11H,2H2,1H3. The molecular formula is C15H14BrNO. The van der Waals surface area contributed by atoms with Crippen LogP contribution in [0, 0.1) is 0 Å². The molecule has 0 N–H and O–H groups in total. The van der Waals surface area contributed by atoms with E-state index in [4.69, 9.17) is 4.74 Å². The van der Waals surface area contributed by atoms with E-state index in [1.807, 2.05) is 61.7 Å². The highest BCUT2D eigenvalue weighted by Gasteiger charge is 1.94. The molecule has 0 bridgehead atoms. The summed E-state index contributed by atoms with van der Waals surface area (Å²) < 4.78 is 6.50. The van der Waals surface area contributed by atoms with Gasteiger partial charge in [-0.3, -0.25) is 4.99 Å². The second kappa shape index (κ2) is 6.36. The summed E-state index contributed by atoms with van der Waals surface area (Å²) in [6, 6.07) is 15.8. The van der Waals surface area contributed by atoms with E-state index in [1.54, 1.807) is 0 Å². The minimum absolute atomic E-state index is 0.667. The Morgan fingerprint density at radius 1 is 1.17 bits per heavy atom. The summed E-state index contributed by atoms with van der Waals surface area (Å²) >= 11 is 3.41. The Morgan fingerprint density at radius 3 is 2.67 bits per heavy atom. The molecule has 0 amide bonds. The second-order valence-electron chi connectivity index (χ2n) is 3.74. The summed E-state index contributed by atoms with van der Waals surface area (Å²) in [5.74, 6) is 0.850. The first-order valence-corrected chi connectivity index (χ1v) is 6.60. The van der Waals surface area contributed by atoms with E-state index < -0.39 is 0 Å². The maximum atomic E-state index is 5.43. The molecule has 18 heavy (non-hydrogen) atoms. The fourth-order valence-electron chi connectivity index (χ4n) is 1.52. The van der Waals surface area contributed by atoms with E-state index in [0.29, 0.717) is 6.61 Å². The van der Waals surface area contributed by atoms with Gasteiger partial charge in [0.15, 0.2) is 0 Å². The molecule has 0 atom stereocenters. The third kappa shape index (κ3) is 3.70. The van der Waals surface area contributed by atoms with Crippen molar-refractivity contribution in [3.05, 3.63) is 58.6 Å². The van der Waals surface area contributed by atoms with Crippen molar-refractivity contribution in [1.29, 1.82) is 0 Å². The Kier molecular flexibility index (Phi) is 4.53. The summed E-state index contributed by atoms with van der Waals surface area (Å²) in [5.41, 5.74) is 1.96. The zero-order valence-corrected chi connectivity index (χ0v) is 11.7. The third-order valence-electron chi connectivity index (χ3n) is 2.36. The minimum Gasteiger partial charge on any atom is -0.494 e. The SMILES string of the molecule is CCOc1cccc(N=Cc2ccc(Br)cc2)c1. The van der Waals surface area contributed by atoms with Gasteiger partial charge in [-0.2, -0.15) is 0 Å². The molecule has 0 unspecified atom stereocenters. The van der Waals surface area contributed by atoms with E-state index in [0.717, 1.165) is 21.5 Å². The molecule has 0 radical (unpaired) electrons. The number of hydrogen-bond donors (Lipinski definition) is 0. The van der Waals surface area contributed by atoms with Crippen molar-refractivity contribution in [2.75, 3.05) is 6.61 Å². The van der Waals surface area contributed by atoms with Crippen LogP contribution in [0.1, 0.15) is 12.5 Å². The van der Waals surface area contributed by atoms with E-state index in [9.17, 15) is 0 Å². The van der Waals surface area contributed by atoms with Gasteiger partial charge in [0, 0.05) is 16.8 Å². The second-order valence-corrected chi connectivity index (χ2v) is 4.66. The van der Waals surface area contributed by atoms with Crippen molar-refractivity contribution in [2.24, 2.45) is 4.99 Å². The molecule has 0 heterocycles. The molecule has 3 heteroatoms. The molecular weight excluding hydrogens is 290 g/mol. The van der Waals surface area contributed by atoms with Crippen molar-refractivity contribution in [1.82, 2.24) is 0 Å². The van der Waals surface area contributed by atoms with Crippen molar-refractivity contribution >= 4 is 27.8 Å². The molecule has 0 saturated carbocycles. The fraction of sp³-hybridized carbons (Fsp3) is 0.133. The Bertz CT molecular complexity index is 534. The monoisotopic (exact) mass is 303 g/mol. The molecule has 0 fully saturated rings. The van der Waals surface area contributed by atoms with Crippen LogP contribution >= 0.6 is 15.9 Å². The molecule has 0 spiro atoms. The molecule has 0 aromatic heterocycles. The van der Waals surface area contributed by atoms with Gasteiger partial charge in [-0.15, -0.1) is 0 Å². The fourth-order valence-corrected chi connectivity index (χ4v) is 1.78. The lowest BCUT2D eigenvalue weighted by Gasteiger charge is -2.02. The topological polar surface area (TPSA) is 21.6 Å². The first-order valence-electron chi connectivity index (χ1n) is 5.80. The molecule has 0 aliphatic carbocycles. The molecule has 2 aromatic rings.